The maximum absolute atomic E-state index is 5.70. The van der Waals surface area contributed by atoms with Crippen LogP contribution in [0.2, 0.25) is 0 Å². The number of hydrogen-bond acceptors (Lipinski definition) is 3. The summed E-state index contributed by atoms with van der Waals surface area (Å²) in [7, 11) is 0. The highest BCUT2D eigenvalue weighted by Gasteiger charge is 2.12. The first-order chi connectivity index (χ1) is 5.38. The first-order valence-corrected chi connectivity index (χ1v) is 4.50. The molecule has 0 bridgehead atoms. The van der Waals surface area contributed by atoms with Gasteiger partial charge in [-0.2, -0.15) is 0 Å². The lowest BCUT2D eigenvalue weighted by Gasteiger charge is -2.17. The van der Waals surface area contributed by atoms with Gasteiger partial charge in [-0.05, 0) is 12.1 Å². The van der Waals surface area contributed by atoms with Crippen LogP contribution in [0.15, 0.2) is 23.1 Å². The molecule has 0 spiro atoms. The van der Waals surface area contributed by atoms with Crippen molar-refractivity contribution in [2.75, 3.05) is 18.1 Å². The predicted molar refractivity (Wildman–Crippen MR) is 47.1 cm³/mol. The van der Waals surface area contributed by atoms with Crippen molar-refractivity contribution in [2.24, 2.45) is 0 Å². The number of fused-ring (bicyclic) bond motifs is 1. The van der Waals surface area contributed by atoms with Gasteiger partial charge in [0.25, 0.3) is 0 Å². The summed E-state index contributed by atoms with van der Waals surface area (Å²) in [6, 6.07) is 5.86. The minimum absolute atomic E-state index is 0.745. The van der Waals surface area contributed by atoms with Gasteiger partial charge in [0.2, 0.25) is 0 Å². The van der Waals surface area contributed by atoms with Crippen LogP contribution in [0.3, 0.4) is 0 Å². The molecule has 11 heavy (non-hydrogen) atoms. The van der Waals surface area contributed by atoms with Gasteiger partial charge in [-0.3, -0.25) is 0 Å². The van der Waals surface area contributed by atoms with E-state index >= 15 is 0 Å². The summed E-state index contributed by atoms with van der Waals surface area (Å²) in [4.78, 5) is 1.16. The average Bonchev–Trinajstić information content (AvgIpc) is 2.06. The molecule has 0 saturated carbocycles. The molecule has 3 heteroatoms. The van der Waals surface area contributed by atoms with Crippen LogP contribution in [0.25, 0.3) is 0 Å². The van der Waals surface area contributed by atoms with Gasteiger partial charge in [-0.25, -0.2) is 0 Å². The number of nitrogen functional groups attached to an aromatic ring is 1. The molecule has 2 rings (SSSR count). The summed E-state index contributed by atoms with van der Waals surface area (Å²) in [5.41, 5.74) is 6.45. The number of benzene rings is 1. The van der Waals surface area contributed by atoms with Crippen LogP contribution < -0.4 is 10.5 Å². The molecule has 2 nitrogen and oxygen atoms in total. The summed E-state index contributed by atoms with van der Waals surface area (Å²) < 4.78 is 5.41. The smallest absolute Gasteiger partial charge is 0.155 e. The first-order valence-electron chi connectivity index (χ1n) is 3.52. The van der Waals surface area contributed by atoms with E-state index in [1.165, 1.54) is 0 Å². The van der Waals surface area contributed by atoms with E-state index in [-0.39, 0.29) is 0 Å². The summed E-state index contributed by atoms with van der Waals surface area (Å²) in [6.07, 6.45) is 0. The number of ether oxygens (including phenoxy) is 1. The third kappa shape index (κ3) is 1.16. The molecule has 0 aliphatic carbocycles. The molecule has 0 saturated heterocycles. The zero-order valence-corrected chi connectivity index (χ0v) is 6.86. The van der Waals surface area contributed by atoms with Gasteiger partial charge in [0, 0.05) is 5.75 Å². The second kappa shape index (κ2) is 2.66. The SMILES string of the molecule is Nc1cccc2c1OCCS2. The monoisotopic (exact) mass is 167 g/mol. The standard InChI is InChI=1S/C8H9NOS/c9-6-2-1-3-7-8(6)10-4-5-11-7/h1-3H,4-5,9H2. The van der Waals surface area contributed by atoms with Crippen LogP contribution in [0.4, 0.5) is 5.69 Å². The summed E-state index contributed by atoms with van der Waals surface area (Å²) in [5.74, 6) is 1.89. The van der Waals surface area contributed by atoms with Crippen LogP contribution in [0.5, 0.6) is 5.75 Å². The molecule has 0 fully saturated rings. The fraction of sp³-hybridized carbons (Fsp3) is 0.250. The maximum atomic E-state index is 5.70. The van der Waals surface area contributed by atoms with Crippen molar-refractivity contribution in [1.29, 1.82) is 0 Å². The van der Waals surface area contributed by atoms with Crippen molar-refractivity contribution in [3.05, 3.63) is 18.2 Å². The Morgan fingerprint density at radius 2 is 2.36 bits per heavy atom. The van der Waals surface area contributed by atoms with Gasteiger partial charge in [0.05, 0.1) is 17.2 Å². The van der Waals surface area contributed by atoms with Crippen LogP contribution in [-0.4, -0.2) is 12.4 Å². The molecule has 0 atom stereocenters. The van der Waals surface area contributed by atoms with Crippen molar-refractivity contribution < 1.29 is 4.74 Å². The number of hydrogen-bond donors (Lipinski definition) is 1. The molecule has 1 aliphatic rings. The van der Waals surface area contributed by atoms with E-state index < -0.39 is 0 Å². The Hall–Kier alpha value is -0.830. The molecule has 1 aromatic carbocycles. The lowest BCUT2D eigenvalue weighted by atomic mass is 10.3. The Balaban J connectivity index is 2.49. The van der Waals surface area contributed by atoms with Crippen molar-refractivity contribution in [1.82, 2.24) is 0 Å². The molecule has 0 amide bonds. The number of thioether (sulfide) groups is 1. The third-order valence-corrected chi connectivity index (χ3v) is 2.60. The summed E-state index contributed by atoms with van der Waals surface area (Å²) >= 11 is 1.80. The molecule has 0 aromatic heterocycles. The summed E-state index contributed by atoms with van der Waals surface area (Å²) in [6.45, 7) is 0.770. The lowest BCUT2D eigenvalue weighted by Crippen LogP contribution is -2.08. The molecule has 1 aliphatic heterocycles. The molecular weight excluding hydrogens is 158 g/mol. The van der Waals surface area contributed by atoms with Gasteiger partial charge in [-0.1, -0.05) is 6.07 Å². The van der Waals surface area contributed by atoms with Crippen LogP contribution in [0, 0.1) is 0 Å². The Labute approximate surface area is 69.7 Å². The fourth-order valence-electron chi connectivity index (χ4n) is 1.10. The minimum Gasteiger partial charge on any atom is -0.489 e. The lowest BCUT2D eigenvalue weighted by molar-refractivity contribution is 0.332. The number of rotatable bonds is 0. The normalized spacial score (nSPS) is 15.3. The summed E-state index contributed by atoms with van der Waals surface area (Å²) in [5, 5.41) is 0. The average molecular weight is 167 g/mol. The Morgan fingerprint density at radius 3 is 3.18 bits per heavy atom. The first kappa shape index (κ1) is 6.85. The van der Waals surface area contributed by atoms with E-state index in [4.69, 9.17) is 10.5 Å². The second-order valence-corrected chi connectivity index (χ2v) is 3.51. The molecule has 0 unspecified atom stereocenters. The van der Waals surface area contributed by atoms with E-state index in [9.17, 15) is 0 Å². The van der Waals surface area contributed by atoms with Crippen molar-refractivity contribution >= 4 is 17.4 Å². The molecule has 1 aromatic rings. The maximum Gasteiger partial charge on any atom is 0.155 e. The van der Waals surface area contributed by atoms with Crippen molar-refractivity contribution in [2.45, 2.75) is 4.90 Å². The topological polar surface area (TPSA) is 35.2 Å². The van der Waals surface area contributed by atoms with E-state index in [2.05, 4.69) is 0 Å². The highest BCUT2D eigenvalue weighted by atomic mass is 32.2. The molecule has 58 valence electrons. The highest BCUT2D eigenvalue weighted by Crippen LogP contribution is 2.37. The van der Waals surface area contributed by atoms with Gasteiger partial charge in [0.1, 0.15) is 0 Å². The zero-order chi connectivity index (χ0) is 7.68. The van der Waals surface area contributed by atoms with Crippen molar-refractivity contribution in [3.63, 3.8) is 0 Å². The minimum atomic E-state index is 0.745. The van der Waals surface area contributed by atoms with E-state index in [1.807, 2.05) is 18.2 Å². The van der Waals surface area contributed by atoms with Crippen LogP contribution >= 0.6 is 11.8 Å². The third-order valence-electron chi connectivity index (χ3n) is 1.60. The molecule has 1 heterocycles. The quantitative estimate of drug-likeness (QED) is 0.598. The molecule has 2 N–H and O–H groups in total. The number of para-hydroxylation sites is 1. The van der Waals surface area contributed by atoms with E-state index in [0.717, 1.165) is 28.7 Å². The fourth-order valence-corrected chi connectivity index (χ4v) is 1.97. The Bertz CT molecular complexity index is 275. The number of anilines is 1. The largest absolute Gasteiger partial charge is 0.489 e. The predicted octanol–water partition coefficient (Wildman–Crippen LogP) is 1.75. The molecular formula is C8H9NOS. The zero-order valence-electron chi connectivity index (χ0n) is 6.04. The Morgan fingerprint density at radius 1 is 1.45 bits per heavy atom. The Kier molecular flexibility index (Phi) is 1.66. The van der Waals surface area contributed by atoms with E-state index in [0.29, 0.717) is 0 Å². The van der Waals surface area contributed by atoms with Gasteiger partial charge < -0.3 is 10.5 Å². The van der Waals surface area contributed by atoms with Crippen LogP contribution in [0.1, 0.15) is 0 Å². The highest BCUT2D eigenvalue weighted by molar-refractivity contribution is 7.99. The molecule has 0 radical (unpaired) electrons. The van der Waals surface area contributed by atoms with Gasteiger partial charge in [-0.15, -0.1) is 11.8 Å². The van der Waals surface area contributed by atoms with Gasteiger partial charge in [0.15, 0.2) is 5.75 Å². The van der Waals surface area contributed by atoms with Crippen molar-refractivity contribution in [3.8, 4) is 5.75 Å². The van der Waals surface area contributed by atoms with Crippen LogP contribution in [-0.2, 0) is 0 Å². The van der Waals surface area contributed by atoms with E-state index in [1.54, 1.807) is 11.8 Å². The second-order valence-electron chi connectivity index (χ2n) is 2.37. The van der Waals surface area contributed by atoms with Gasteiger partial charge >= 0.3 is 0 Å². The number of nitrogens with two attached hydrogens (primary N) is 1.